The van der Waals surface area contributed by atoms with Crippen LogP contribution >= 0.6 is 0 Å². The summed E-state index contributed by atoms with van der Waals surface area (Å²) in [6, 6.07) is 7.93. The Bertz CT molecular complexity index is 1210. The van der Waals surface area contributed by atoms with Crippen molar-refractivity contribution in [2.24, 2.45) is 0 Å². The van der Waals surface area contributed by atoms with E-state index in [-0.39, 0.29) is 63.4 Å². The third-order valence-corrected chi connectivity index (χ3v) is 6.69. The van der Waals surface area contributed by atoms with Crippen LogP contribution in [-0.2, 0) is 27.4 Å². The van der Waals surface area contributed by atoms with Gasteiger partial charge in [-0.3, -0.25) is 9.59 Å². The van der Waals surface area contributed by atoms with E-state index in [4.69, 9.17) is 9.15 Å². The standard InChI is InChI=1S/C27H33FN6O6/c1-3-13-40-27(38)29-12-4-7-22-25(36)32(16-21-6-5-14-39-21)17-23-33(22)24(35)18-31(2)34(23)26(37)30-15-19-8-10-20(28)11-9-19/h3,5-6,8-11,14,22-23H,1,4,7,12-13,15-18H2,2H3,(H,29,38)(H,30,37)/t22-,23-/m0/s1. The topological polar surface area (TPSA) is 128 Å². The number of fused-ring (bicyclic) bond motifs is 1. The fourth-order valence-corrected chi connectivity index (χ4v) is 4.85. The number of alkyl carbamates (subject to hydrolysis) is 1. The molecule has 1 aromatic carbocycles. The van der Waals surface area contributed by atoms with Crippen molar-refractivity contribution in [2.75, 3.05) is 33.3 Å². The van der Waals surface area contributed by atoms with Gasteiger partial charge in [-0.05, 0) is 42.7 Å². The minimum absolute atomic E-state index is 0.0716. The molecule has 0 radical (unpaired) electrons. The van der Waals surface area contributed by atoms with E-state index in [0.29, 0.717) is 17.7 Å². The van der Waals surface area contributed by atoms with Gasteiger partial charge in [0.05, 0.1) is 25.9 Å². The lowest BCUT2D eigenvalue weighted by atomic mass is 10.0. The van der Waals surface area contributed by atoms with Crippen LogP contribution < -0.4 is 10.6 Å². The van der Waals surface area contributed by atoms with Crippen molar-refractivity contribution < 1.29 is 32.7 Å². The number of furan rings is 1. The molecule has 4 rings (SSSR count). The minimum atomic E-state index is -0.853. The van der Waals surface area contributed by atoms with E-state index >= 15 is 0 Å². The maximum atomic E-state index is 13.6. The normalized spacial score (nSPS) is 19.3. The number of urea groups is 1. The molecule has 2 N–H and O–H groups in total. The average molecular weight is 557 g/mol. The summed E-state index contributed by atoms with van der Waals surface area (Å²) in [6.45, 7) is 4.08. The fraction of sp³-hybridized carbons (Fsp3) is 0.407. The molecule has 214 valence electrons. The van der Waals surface area contributed by atoms with Crippen LogP contribution in [0.4, 0.5) is 14.0 Å². The molecule has 2 aromatic rings. The first-order chi connectivity index (χ1) is 19.3. The quantitative estimate of drug-likeness (QED) is 0.339. The van der Waals surface area contributed by atoms with Crippen molar-refractivity contribution in [2.45, 2.75) is 38.1 Å². The van der Waals surface area contributed by atoms with E-state index in [1.54, 1.807) is 36.2 Å². The number of rotatable bonds is 10. The molecule has 0 spiro atoms. The fourth-order valence-electron chi connectivity index (χ4n) is 4.85. The molecule has 12 nitrogen and oxygen atoms in total. The lowest BCUT2D eigenvalue weighted by Gasteiger charge is -2.54. The molecule has 2 saturated heterocycles. The lowest BCUT2D eigenvalue weighted by molar-refractivity contribution is -0.188. The Morgan fingerprint density at radius 2 is 1.98 bits per heavy atom. The van der Waals surface area contributed by atoms with Gasteiger partial charge in [0, 0.05) is 20.1 Å². The summed E-state index contributed by atoms with van der Waals surface area (Å²) in [5, 5.41) is 8.40. The number of carbonyl (C=O) groups excluding carboxylic acids is 4. The highest BCUT2D eigenvalue weighted by Crippen LogP contribution is 2.29. The Hall–Kier alpha value is -4.39. The minimum Gasteiger partial charge on any atom is -0.467 e. The summed E-state index contributed by atoms with van der Waals surface area (Å²) in [6.07, 6.45) is 2.23. The molecule has 2 aliphatic rings. The van der Waals surface area contributed by atoms with Crippen molar-refractivity contribution in [3.05, 3.63) is 72.5 Å². The molecule has 2 atom stereocenters. The molecule has 0 aliphatic carbocycles. The first-order valence-corrected chi connectivity index (χ1v) is 12.9. The maximum absolute atomic E-state index is 13.6. The molecule has 0 unspecified atom stereocenters. The predicted molar refractivity (Wildman–Crippen MR) is 140 cm³/mol. The van der Waals surface area contributed by atoms with Crippen LogP contribution in [0.5, 0.6) is 0 Å². The SMILES string of the molecule is C=CCOC(=O)NCCC[C@H]1C(=O)N(Cc2ccco2)C[C@H]2N1C(=O)CN(C)N2C(=O)NCc1ccc(F)cc1. The molecule has 2 aliphatic heterocycles. The Kier molecular flexibility index (Phi) is 9.38. The molecule has 13 heteroatoms. The van der Waals surface area contributed by atoms with E-state index in [1.165, 1.54) is 39.4 Å². The summed E-state index contributed by atoms with van der Waals surface area (Å²) in [4.78, 5) is 55.1. The predicted octanol–water partition coefficient (Wildman–Crippen LogP) is 2.05. The number of benzene rings is 1. The van der Waals surface area contributed by atoms with Gasteiger partial charge in [0.1, 0.15) is 30.4 Å². The van der Waals surface area contributed by atoms with Crippen molar-refractivity contribution >= 4 is 23.9 Å². The highest BCUT2D eigenvalue weighted by molar-refractivity contribution is 5.91. The van der Waals surface area contributed by atoms with Crippen LogP contribution in [0.25, 0.3) is 0 Å². The van der Waals surface area contributed by atoms with Crippen LogP contribution in [0.2, 0.25) is 0 Å². The van der Waals surface area contributed by atoms with Crippen LogP contribution in [-0.4, -0.2) is 89.3 Å². The van der Waals surface area contributed by atoms with Crippen molar-refractivity contribution in [1.29, 1.82) is 0 Å². The summed E-state index contributed by atoms with van der Waals surface area (Å²) in [5.41, 5.74) is 0.706. The number of hydrazine groups is 1. The van der Waals surface area contributed by atoms with E-state index in [1.807, 2.05) is 0 Å². The lowest BCUT2D eigenvalue weighted by Crippen LogP contribution is -2.75. The largest absolute Gasteiger partial charge is 0.467 e. The van der Waals surface area contributed by atoms with Gasteiger partial charge in [0.25, 0.3) is 0 Å². The van der Waals surface area contributed by atoms with Gasteiger partial charge < -0.3 is 29.6 Å². The summed E-state index contributed by atoms with van der Waals surface area (Å²) < 4.78 is 23.6. The molecular formula is C27H33FN6O6. The van der Waals surface area contributed by atoms with Gasteiger partial charge in [0.15, 0.2) is 0 Å². The van der Waals surface area contributed by atoms with Gasteiger partial charge in [-0.15, -0.1) is 0 Å². The summed E-state index contributed by atoms with van der Waals surface area (Å²) in [5.74, 6) is -0.371. The Morgan fingerprint density at radius 1 is 1.20 bits per heavy atom. The number of likely N-dealkylation sites (N-methyl/N-ethyl adjacent to an activating group) is 1. The molecule has 3 heterocycles. The summed E-state index contributed by atoms with van der Waals surface area (Å²) >= 11 is 0. The molecule has 0 bridgehead atoms. The molecule has 1 aromatic heterocycles. The second-order valence-corrected chi connectivity index (χ2v) is 9.50. The molecule has 0 saturated carbocycles. The third kappa shape index (κ3) is 6.78. The Morgan fingerprint density at radius 3 is 2.67 bits per heavy atom. The van der Waals surface area contributed by atoms with Crippen LogP contribution in [0, 0.1) is 5.82 Å². The smallest absolute Gasteiger partial charge is 0.407 e. The van der Waals surface area contributed by atoms with Gasteiger partial charge in [-0.2, -0.15) is 0 Å². The van der Waals surface area contributed by atoms with Crippen molar-refractivity contribution in [1.82, 2.24) is 30.5 Å². The third-order valence-electron chi connectivity index (χ3n) is 6.69. The number of nitrogens with zero attached hydrogens (tertiary/aromatic N) is 4. The zero-order chi connectivity index (χ0) is 28.6. The molecule has 40 heavy (non-hydrogen) atoms. The second kappa shape index (κ2) is 13.1. The van der Waals surface area contributed by atoms with Gasteiger partial charge in [-0.1, -0.05) is 24.8 Å². The monoisotopic (exact) mass is 556 g/mol. The van der Waals surface area contributed by atoms with E-state index < -0.39 is 24.3 Å². The Balaban J connectivity index is 1.51. The number of amides is 5. The van der Waals surface area contributed by atoms with Gasteiger partial charge in [0.2, 0.25) is 11.8 Å². The van der Waals surface area contributed by atoms with E-state index in [2.05, 4.69) is 17.2 Å². The maximum Gasteiger partial charge on any atom is 0.407 e. The number of hydrogen-bond acceptors (Lipinski definition) is 7. The van der Waals surface area contributed by atoms with Crippen molar-refractivity contribution in [3.63, 3.8) is 0 Å². The highest BCUT2D eigenvalue weighted by Gasteiger charge is 2.50. The molecule has 5 amide bonds. The van der Waals surface area contributed by atoms with Crippen LogP contribution in [0.15, 0.2) is 59.7 Å². The van der Waals surface area contributed by atoms with Gasteiger partial charge in [-0.25, -0.2) is 24.0 Å². The summed E-state index contributed by atoms with van der Waals surface area (Å²) in [7, 11) is 1.63. The molecule has 2 fully saturated rings. The van der Waals surface area contributed by atoms with Crippen molar-refractivity contribution in [3.8, 4) is 0 Å². The highest BCUT2D eigenvalue weighted by atomic mass is 19.1. The van der Waals surface area contributed by atoms with E-state index in [0.717, 1.165) is 0 Å². The number of piperazine rings is 1. The zero-order valence-electron chi connectivity index (χ0n) is 22.3. The number of ether oxygens (including phenoxy) is 1. The number of hydrogen-bond donors (Lipinski definition) is 2. The number of halogens is 1. The number of carbonyl (C=O) groups is 4. The Labute approximate surface area is 231 Å². The first-order valence-electron chi connectivity index (χ1n) is 12.9. The van der Waals surface area contributed by atoms with Crippen LogP contribution in [0.1, 0.15) is 24.2 Å². The second-order valence-electron chi connectivity index (χ2n) is 9.50. The van der Waals surface area contributed by atoms with Gasteiger partial charge >= 0.3 is 12.1 Å². The van der Waals surface area contributed by atoms with E-state index in [9.17, 15) is 23.6 Å². The average Bonchev–Trinajstić information content (AvgIpc) is 3.44. The van der Waals surface area contributed by atoms with Crippen LogP contribution in [0.3, 0.4) is 0 Å². The number of nitrogens with one attached hydrogen (secondary N) is 2. The molecular weight excluding hydrogens is 523 g/mol. The zero-order valence-corrected chi connectivity index (χ0v) is 22.3. The first kappa shape index (κ1) is 28.6.